The summed E-state index contributed by atoms with van der Waals surface area (Å²) < 4.78 is 26.2. The minimum Gasteiger partial charge on any atom is -0.370 e. The Labute approximate surface area is 206 Å². The Morgan fingerprint density at radius 1 is 1.15 bits per heavy atom. The van der Waals surface area contributed by atoms with Crippen LogP contribution in [0.4, 0.5) is 16.3 Å². The molecule has 1 amide bonds. The van der Waals surface area contributed by atoms with Crippen molar-refractivity contribution in [2.75, 3.05) is 48.6 Å². The third-order valence-corrected chi connectivity index (χ3v) is 7.53. The van der Waals surface area contributed by atoms with Gasteiger partial charge in [-0.05, 0) is 43.4 Å². The minimum atomic E-state index is -3.44. The molecular weight excluding hydrogens is 476 g/mol. The topological polar surface area (TPSA) is 90.8 Å². The lowest BCUT2D eigenvalue weighted by atomic mass is 9.98. The van der Waals surface area contributed by atoms with Crippen molar-refractivity contribution >= 4 is 39.2 Å². The van der Waals surface area contributed by atoms with Crippen LogP contribution in [-0.2, 0) is 16.6 Å². The summed E-state index contributed by atoms with van der Waals surface area (Å²) in [7, 11) is -3.44. The van der Waals surface area contributed by atoms with E-state index in [0.717, 1.165) is 49.1 Å². The van der Waals surface area contributed by atoms with E-state index in [2.05, 4.69) is 45.6 Å². The molecule has 1 aromatic heterocycles. The third kappa shape index (κ3) is 6.03. The third-order valence-electron chi connectivity index (χ3n) is 6.63. The number of sulfonamides is 1. The average molecular weight is 509 g/mol. The largest absolute Gasteiger partial charge is 0.370 e. The second-order valence-corrected chi connectivity index (χ2v) is 11.7. The summed E-state index contributed by atoms with van der Waals surface area (Å²) in [5.41, 5.74) is 2.33. The number of aromatic nitrogens is 2. The maximum atomic E-state index is 12.9. The highest BCUT2D eigenvalue weighted by Crippen LogP contribution is 2.31. The molecule has 0 bridgehead atoms. The first-order valence-electron chi connectivity index (χ1n) is 11.7. The number of anilines is 2. The van der Waals surface area contributed by atoms with E-state index in [1.165, 1.54) is 35.4 Å². The zero-order valence-corrected chi connectivity index (χ0v) is 21.5. The molecule has 2 aliphatic heterocycles. The van der Waals surface area contributed by atoms with Gasteiger partial charge in [-0.2, -0.15) is 4.68 Å². The normalized spacial score (nSPS) is 20.5. The van der Waals surface area contributed by atoms with E-state index in [9.17, 15) is 13.2 Å². The van der Waals surface area contributed by atoms with Crippen LogP contribution in [0.2, 0.25) is 5.02 Å². The summed E-state index contributed by atoms with van der Waals surface area (Å²) in [6.45, 7) is 9.16. The molecule has 2 fully saturated rings. The molecule has 34 heavy (non-hydrogen) atoms. The lowest BCUT2D eigenvalue weighted by Crippen LogP contribution is -2.54. The van der Waals surface area contributed by atoms with Crippen molar-refractivity contribution in [1.82, 2.24) is 19.6 Å². The fraction of sp³-hybridized carbons (Fsp3) is 0.565. The van der Waals surface area contributed by atoms with Crippen LogP contribution in [-0.4, -0.2) is 79.1 Å². The van der Waals surface area contributed by atoms with Gasteiger partial charge in [-0.25, -0.2) is 13.2 Å². The molecule has 4 rings (SSSR count). The molecule has 0 radical (unpaired) electrons. The summed E-state index contributed by atoms with van der Waals surface area (Å²) in [5, 5.41) is 4.85. The number of carbonyl (C=O) groups is 1. The zero-order chi connectivity index (χ0) is 24.5. The van der Waals surface area contributed by atoms with Gasteiger partial charge in [0.05, 0.1) is 17.0 Å². The van der Waals surface area contributed by atoms with Crippen LogP contribution >= 0.6 is 11.6 Å². The number of halogens is 1. The van der Waals surface area contributed by atoms with Crippen molar-refractivity contribution in [2.45, 2.75) is 39.3 Å². The molecule has 0 spiro atoms. The monoisotopic (exact) mass is 508 g/mol. The number of benzene rings is 1. The smallest absolute Gasteiger partial charge is 0.344 e. The van der Waals surface area contributed by atoms with Gasteiger partial charge in [0.1, 0.15) is 0 Å². The molecule has 1 aromatic carbocycles. The summed E-state index contributed by atoms with van der Waals surface area (Å²) in [4.78, 5) is 19.4. The highest BCUT2D eigenvalue weighted by atomic mass is 35.5. The first kappa shape index (κ1) is 24.8. The molecule has 0 unspecified atom stereocenters. The van der Waals surface area contributed by atoms with Crippen molar-refractivity contribution in [2.24, 2.45) is 5.92 Å². The number of carbonyl (C=O) groups excluding carboxylic acids is 1. The van der Waals surface area contributed by atoms with Gasteiger partial charge in [-0.3, -0.25) is 9.62 Å². The molecule has 3 heterocycles. The first-order valence-corrected chi connectivity index (χ1v) is 14.0. The average Bonchev–Trinajstić information content (AvgIpc) is 3.23. The standard InChI is InChI=1S/C23H33ClN6O3S/c1-17-6-9-27(10-7-17)21-14-19(4-5-20(21)24)16-28-12-13-29(15-18(28)2)23(31)30-11-8-22(25-30)26-34(3,32)33/h4-5,8,11,14,17-18H,6-7,9-10,12-13,15-16H2,1-3H3,(H,25,26)/t18-/m0/s1. The maximum Gasteiger partial charge on any atom is 0.344 e. The Hall–Kier alpha value is -2.30. The van der Waals surface area contributed by atoms with Crippen LogP contribution < -0.4 is 9.62 Å². The van der Waals surface area contributed by atoms with Crippen LogP contribution in [0.25, 0.3) is 0 Å². The zero-order valence-electron chi connectivity index (χ0n) is 19.9. The van der Waals surface area contributed by atoms with Gasteiger partial charge >= 0.3 is 6.03 Å². The Morgan fingerprint density at radius 3 is 2.56 bits per heavy atom. The van der Waals surface area contributed by atoms with Crippen LogP contribution in [0.15, 0.2) is 30.5 Å². The second-order valence-electron chi connectivity index (χ2n) is 9.52. The van der Waals surface area contributed by atoms with Gasteiger partial charge in [0.15, 0.2) is 5.82 Å². The van der Waals surface area contributed by atoms with E-state index in [0.29, 0.717) is 13.1 Å². The molecule has 1 N–H and O–H groups in total. The van der Waals surface area contributed by atoms with Gasteiger partial charge in [0.2, 0.25) is 10.0 Å². The Bertz CT molecular complexity index is 1130. The van der Waals surface area contributed by atoms with Gasteiger partial charge in [-0.15, -0.1) is 5.10 Å². The number of piperidine rings is 1. The predicted molar refractivity (Wildman–Crippen MR) is 135 cm³/mol. The van der Waals surface area contributed by atoms with Gasteiger partial charge < -0.3 is 9.80 Å². The lowest BCUT2D eigenvalue weighted by Gasteiger charge is -2.39. The van der Waals surface area contributed by atoms with Crippen molar-refractivity contribution in [3.8, 4) is 0 Å². The molecule has 9 nitrogen and oxygen atoms in total. The second kappa shape index (κ2) is 10.1. The minimum absolute atomic E-state index is 0.129. The Balaban J connectivity index is 1.37. The number of nitrogens with one attached hydrogen (secondary N) is 1. The van der Waals surface area contributed by atoms with Gasteiger partial charge in [0.25, 0.3) is 0 Å². The maximum absolute atomic E-state index is 12.9. The van der Waals surface area contributed by atoms with Gasteiger partial charge in [0, 0.05) is 57.6 Å². The highest BCUT2D eigenvalue weighted by Gasteiger charge is 2.28. The van der Waals surface area contributed by atoms with Gasteiger partial charge in [-0.1, -0.05) is 24.6 Å². The van der Waals surface area contributed by atoms with E-state index >= 15 is 0 Å². The van der Waals surface area contributed by atoms with E-state index < -0.39 is 10.0 Å². The van der Waals surface area contributed by atoms with E-state index in [1.54, 1.807) is 4.90 Å². The van der Waals surface area contributed by atoms with Crippen LogP contribution in [0.3, 0.4) is 0 Å². The van der Waals surface area contributed by atoms with Crippen molar-refractivity contribution in [3.63, 3.8) is 0 Å². The van der Waals surface area contributed by atoms with Crippen LogP contribution in [0.5, 0.6) is 0 Å². The SMILES string of the molecule is CC1CCN(c2cc(CN3CCN(C(=O)n4ccc(NS(C)(=O)=O)n4)C[C@@H]3C)ccc2Cl)CC1. The van der Waals surface area contributed by atoms with E-state index in [1.807, 2.05) is 6.07 Å². The van der Waals surface area contributed by atoms with Crippen LogP contribution in [0.1, 0.15) is 32.3 Å². The van der Waals surface area contributed by atoms with E-state index in [-0.39, 0.29) is 17.9 Å². The van der Waals surface area contributed by atoms with Crippen LogP contribution in [0, 0.1) is 5.92 Å². The Morgan fingerprint density at radius 2 is 1.88 bits per heavy atom. The highest BCUT2D eigenvalue weighted by molar-refractivity contribution is 7.92. The summed E-state index contributed by atoms with van der Waals surface area (Å²) in [6, 6.07) is 7.66. The predicted octanol–water partition coefficient (Wildman–Crippen LogP) is 3.32. The Kier molecular flexibility index (Phi) is 7.39. The van der Waals surface area contributed by atoms with E-state index in [4.69, 9.17) is 11.6 Å². The molecule has 186 valence electrons. The number of rotatable bonds is 5. The fourth-order valence-electron chi connectivity index (χ4n) is 4.61. The number of amides is 1. The quantitative estimate of drug-likeness (QED) is 0.666. The molecule has 0 aliphatic carbocycles. The number of hydrogen-bond donors (Lipinski definition) is 1. The molecule has 2 aliphatic rings. The molecule has 0 saturated carbocycles. The molecule has 11 heteroatoms. The summed E-state index contributed by atoms with van der Waals surface area (Å²) >= 11 is 6.54. The fourth-order valence-corrected chi connectivity index (χ4v) is 5.33. The van der Waals surface area contributed by atoms with Crippen molar-refractivity contribution < 1.29 is 13.2 Å². The molecule has 2 saturated heterocycles. The summed E-state index contributed by atoms with van der Waals surface area (Å²) in [6.07, 6.45) is 4.90. The number of nitrogens with zero attached hydrogens (tertiary/aromatic N) is 5. The molecule has 2 aromatic rings. The lowest BCUT2D eigenvalue weighted by molar-refractivity contribution is 0.0921. The summed E-state index contributed by atoms with van der Waals surface area (Å²) in [5.74, 6) is 0.895. The van der Waals surface area contributed by atoms with Crippen molar-refractivity contribution in [1.29, 1.82) is 0 Å². The number of hydrogen-bond acceptors (Lipinski definition) is 6. The van der Waals surface area contributed by atoms with Crippen molar-refractivity contribution in [3.05, 3.63) is 41.0 Å². The molecular formula is C23H33ClN6O3S. The number of piperazine rings is 1. The first-order chi connectivity index (χ1) is 16.1. The molecule has 1 atom stereocenters.